The minimum Gasteiger partial charge on any atom is -0.492 e. The van der Waals surface area contributed by atoms with Crippen molar-refractivity contribution in [2.24, 2.45) is 0 Å². The lowest BCUT2D eigenvalue weighted by Gasteiger charge is -2.08. The van der Waals surface area contributed by atoms with Gasteiger partial charge in [-0.2, -0.15) is 0 Å². The van der Waals surface area contributed by atoms with Crippen LogP contribution in [-0.2, 0) is 0 Å². The summed E-state index contributed by atoms with van der Waals surface area (Å²) in [5, 5.41) is 8.44. The van der Waals surface area contributed by atoms with Gasteiger partial charge in [0.25, 0.3) is 11.1 Å². The van der Waals surface area contributed by atoms with Gasteiger partial charge in [0.2, 0.25) is 0 Å². The van der Waals surface area contributed by atoms with Crippen molar-refractivity contribution < 1.29 is 13.9 Å². The number of thioether (sulfide) groups is 1. The molecule has 0 radical (unpaired) electrons. The third kappa shape index (κ3) is 3.81. The van der Waals surface area contributed by atoms with E-state index in [0.717, 1.165) is 5.69 Å². The quantitative estimate of drug-likeness (QED) is 0.406. The standard InChI is InChI=1S/C16H15N3O3S/c1-11(20)12-5-2-3-7-14(12)21-9-10-23-16-19-18-15(22-16)13-6-4-8-17-13/h2-8,17H,9-10H2,1H3. The van der Waals surface area contributed by atoms with Crippen molar-refractivity contribution >= 4 is 17.5 Å². The number of rotatable bonds is 7. The molecule has 2 aromatic heterocycles. The summed E-state index contributed by atoms with van der Waals surface area (Å²) in [4.78, 5) is 14.5. The second-order valence-electron chi connectivity index (χ2n) is 4.71. The van der Waals surface area contributed by atoms with Crippen LogP contribution in [-0.4, -0.2) is 33.3 Å². The fourth-order valence-electron chi connectivity index (χ4n) is 2.00. The monoisotopic (exact) mass is 329 g/mol. The largest absolute Gasteiger partial charge is 0.492 e. The number of para-hydroxylation sites is 1. The number of ether oxygens (including phenoxy) is 1. The van der Waals surface area contributed by atoms with Crippen LogP contribution in [0, 0.1) is 0 Å². The number of nitrogens with one attached hydrogen (secondary N) is 1. The Morgan fingerprint density at radius 3 is 2.91 bits per heavy atom. The number of nitrogens with zero attached hydrogens (tertiary/aromatic N) is 2. The number of aromatic nitrogens is 3. The smallest absolute Gasteiger partial charge is 0.277 e. The molecule has 0 atom stereocenters. The third-order valence-corrected chi connectivity index (χ3v) is 3.85. The van der Waals surface area contributed by atoms with E-state index in [0.29, 0.717) is 34.8 Å². The van der Waals surface area contributed by atoms with Crippen molar-refractivity contribution in [2.75, 3.05) is 12.4 Å². The number of H-pyrrole nitrogens is 1. The second-order valence-corrected chi connectivity index (χ2v) is 5.75. The van der Waals surface area contributed by atoms with Crippen molar-refractivity contribution in [3.05, 3.63) is 48.2 Å². The van der Waals surface area contributed by atoms with Gasteiger partial charge >= 0.3 is 0 Å². The molecule has 3 aromatic rings. The highest BCUT2D eigenvalue weighted by molar-refractivity contribution is 7.99. The summed E-state index contributed by atoms with van der Waals surface area (Å²) in [6, 6.07) is 10.9. The number of aromatic amines is 1. The van der Waals surface area contributed by atoms with Crippen molar-refractivity contribution in [1.82, 2.24) is 15.2 Å². The molecule has 1 aromatic carbocycles. The first-order chi connectivity index (χ1) is 11.2. The summed E-state index contributed by atoms with van der Waals surface area (Å²) in [5.74, 6) is 1.68. The average molecular weight is 329 g/mol. The Morgan fingerprint density at radius 2 is 2.13 bits per heavy atom. The lowest BCUT2D eigenvalue weighted by molar-refractivity contribution is 0.101. The van der Waals surface area contributed by atoms with Gasteiger partial charge in [0.05, 0.1) is 12.2 Å². The molecule has 23 heavy (non-hydrogen) atoms. The van der Waals surface area contributed by atoms with E-state index in [-0.39, 0.29) is 5.78 Å². The zero-order chi connectivity index (χ0) is 16.1. The van der Waals surface area contributed by atoms with Gasteiger partial charge in [0.1, 0.15) is 11.4 Å². The van der Waals surface area contributed by atoms with Crippen molar-refractivity contribution in [3.8, 4) is 17.3 Å². The molecule has 0 unspecified atom stereocenters. The normalized spacial score (nSPS) is 10.7. The van der Waals surface area contributed by atoms with Crippen LogP contribution in [0.3, 0.4) is 0 Å². The Labute approximate surface area is 137 Å². The van der Waals surface area contributed by atoms with Gasteiger partial charge in [-0.05, 0) is 31.2 Å². The SMILES string of the molecule is CC(=O)c1ccccc1OCCSc1nnc(-c2ccc[nH]2)o1. The van der Waals surface area contributed by atoms with Crippen LogP contribution in [0.4, 0.5) is 0 Å². The Bertz CT molecular complexity index is 783. The third-order valence-electron chi connectivity index (χ3n) is 3.07. The predicted octanol–water partition coefficient (Wildman–Crippen LogP) is 3.44. The van der Waals surface area contributed by atoms with E-state index >= 15 is 0 Å². The molecule has 1 N–H and O–H groups in total. The van der Waals surface area contributed by atoms with Crippen molar-refractivity contribution in [2.45, 2.75) is 12.1 Å². The van der Waals surface area contributed by atoms with E-state index in [2.05, 4.69) is 15.2 Å². The van der Waals surface area contributed by atoms with Crippen LogP contribution in [0.1, 0.15) is 17.3 Å². The molecule has 0 spiro atoms. The van der Waals surface area contributed by atoms with Gasteiger partial charge < -0.3 is 14.1 Å². The Balaban J connectivity index is 1.52. The first-order valence-corrected chi connectivity index (χ1v) is 8.05. The second kappa shape index (κ2) is 7.15. The van der Waals surface area contributed by atoms with Crippen LogP contribution in [0.5, 0.6) is 5.75 Å². The Morgan fingerprint density at radius 1 is 1.26 bits per heavy atom. The molecule has 0 saturated carbocycles. The number of carbonyl (C=O) groups excluding carboxylic acids is 1. The summed E-state index contributed by atoms with van der Waals surface area (Å²) in [5.41, 5.74) is 1.38. The van der Waals surface area contributed by atoms with Crippen LogP contribution in [0.15, 0.2) is 52.2 Å². The number of Topliss-reactive ketones (excluding diaryl/α,β-unsaturated/α-hetero) is 1. The molecule has 118 valence electrons. The fourth-order valence-corrected chi connectivity index (χ4v) is 2.58. The molecule has 7 heteroatoms. The first-order valence-electron chi connectivity index (χ1n) is 7.07. The molecule has 3 rings (SSSR count). The number of ketones is 1. The van der Waals surface area contributed by atoms with Crippen LogP contribution in [0.2, 0.25) is 0 Å². The number of benzene rings is 1. The topological polar surface area (TPSA) is 81.0 Å². The number of hydrogen-bond donors (Lipinski definition) is 1. The molecule has 0 fully saturated rings. The van der Waals surface area contributed by atoms with Crippen LogP contribution < -0.4 is 4.74 Å². The number of hydrogen-bond acceptors (Lipinski definition) is 6. The van der Waals surface area contributed by atoms with E-state index in [9.17, 15) is 4.79 Å². The maximum absolute atomic E-state index is 11.5. The van der Waals surface area contributed by atoms with Crippen molar-refractivity contribution in [1.29, 1.82) is 0 Å². The van der Waals surface area contributed by atoms with Gasteiger partial charge in [-0.1, -0.05) is 23.9 Å². The van der Waals surface area contributed by atoms with Gasteiger partial charge in [0.15, 0.2) is 5.78 Å². The molecule has 0 aliphatic carbocycles. The summed E-state index contributed by atoms with van der Waals surface area (Å²) in [7, 11) is 0. The van der Waals surface area contributed by atoms with E-state index < -0.39 is 0 Å². The molecule has 2 heterocycles. The molecule has 0 aliphatic heterocycles. The summed E-state index contributed by atoms with van der Waals surface area (Å²) < 4.78 is 11.2. The summed E-state index contributed by atoms with van der Waals surface area (Å²) in [6.07, 6.45) is 1.80. The van der Waals surface area contributed by atoms with Crippen LogP contribution >= 0.6 is 11.8 Å². The zero-order valence-corrected chi connectivity index (χ0v) is 13.3. The highest BCUT2D eigenvalue weighted by Crippen LogP contribution is 2.23. The summed E-state index contributed by atoms with van der Waals surface area (Å²) >= 11 is 1.41. The molecule has 0 saturated heterocycles. The molecular formula is C16H15N3O3S. The lowest BCUT2D eigenvalue weighted by Crippen LogP contribution is -2.04. The minimum absolute atomic E-state index is 0.0132. The van der Waals surface area contributed by atoms with Gasteiger partial charge in [-0.15, -0.1) is 10.2 Å². The Hall–Kier alpha value is -2.54. The highest BCUT2D eigenvalue weighted by atomic mass is 32.2. The fraction of sp³-hybridized carbons (Fsp3) is 0.188. The molecule has 0 amide bonds. The minimum atomic E-state index is -0.0132. The maximum atomic E-state index is 11.5. The first kappa shape index (κ1) is 15.4. The Kier molecular flexibility index (Phi) is 4.77. The van der Waals surface area contributed by atoms with Gasteiger partial charge in [-0.25, -0.2) is 0 Å². The van der Waals surface area contributed by atoms with E-state index in [4.69, 9.17) is 9.15 Å². The number of carbonyl (C=O) groups is 1. The molecular weight excluding hydrogens is 314 g/mol. The zero-order valence-electron chi connectivity index (χ0n) is 12.5. The van der Waals surface area contributed by atoms with Gasteiger partial charge in [0, 0.05) is 11.9 Å². The van der Waals surface area contributed by atoms with E-state index in [1.165, 1.54) is 18.7 Å². The molecule has 6 nitrogen and oxygen atoms in total. The molecule has 0 bridgehead atoms. The average Bonchev–Trinajstić information content (AvgIpc) is 3.23. The maximum Gasteiger partial charge on any atom is 0.277 e. The van der Waals surface area contributed by atoms with Gasteiger partial charge in [-0.3, -0.25) is 4.79 Å². The summed E-state index contributed by atoms with van der Waals surface area (Å²) in [6.45, 7) is 1.96. The van der Waals surface area contributed by atoms with E-state index in [1.807, 2.05) is 24.3 Å². The van der Waals surface area contributed by atoms with E-state index in [1.54, 1.807) is 18.3 Å². The predicted molar refractivity (Wildman–Crippen MR) is 86.8 cm³/mol. The van der Waals surface area contributed by atoms with Crippen LogP contribution in [0.25, 0.3) is 11.6 Å². The van der Waals surface area contributed by atoms with Crippen molar-refractivity contribution in [3.63, 3.8) is 0 Å². The molecule has 0 aliphatic rings. The highest BCUT2D eigenvalue weighted by Gasteiger charge is 2.10. The lowest BCUT2D eigenvalue weighted by atomic mass is 10.1.